The highest BCUT2D eigenvalue weighted by Crippen LogP contribution is 2.41. The van der Waals surface area contributed by atoms with E-state index in [1.54, 1.807) is 0 Å². The Morgan fingerprint density at radius 3 is 2.05 bits per heavy atom. The summed E-state index contributed by atoms with van der Waals surface area (Å²) in [6.45, 7) is 0.972. The molecule has 3 aromatic carbocycles. The summed E-state index contributed by atoms with van der Waals surface area (Å²) in [5, 5.41) is 0. The Kier molecular flexibility index (Phi) is 2.97. The number of anilines is 1. The molecule has 4 rings (SSSR count). The molecule has 0 saturated carbocycles. The van der Waals surface area contributed by atoms with Crippen molar-refractivity contribution in [3.63, 3.8) is 0 Å². The second-order valence-electron chi connectivity index (χ2n) is 5.48. The van der Waals surface area contributed by atoms with E-state index in [1.807, 2.05) is 0 Å². The van der Waals surface area contributed by atoms with Crippen LogP contribution in [-0.4, -0.2) is 0 Å². The Morgan fingerprint density at radius 2 is 1.29 bits per heavy atom. The number of benzene rings is 3. The van der Waals surface area contributed by atoms with Crippen molar-refractivity contribution in [1.29, 1.82) is 0 Å². The predicted molar refractivity (Wildman–Crippen MR) is 87.4 cm³/mol. The van der Waals surface area contributed by atoms with Crippen LogP contribution in [0.25, 0.3) is 0 Å². The van der Waals surface area contributed by atoms with Crippen LogP contribution in [0.15, 0.2) is 84.9 Å². The highest BCUT2D eigenvalue weighted by Gasteiger charge is 2.30. The van der Waals surface area contributed by atoms with E-state index < -0.39 is 0 Å². The molecule has 0 unspecified atom stereocenters. The van der Waals surface area contributed by atoms with E-state index in [2.05, 4.69) is 89.8 Å². The van der Waals surface area contributed by atoms with Gasteiger partial charge < -0.3 is 4.90 Å². The smallest absolute Gasteiger partial charge is 0.0803 e. The molecule has 0 fully saturated rings. The maximum atomic E-state index is 2.49. The third-order valence-corrected chi connectivity index (χ3v) is 4.21. The fourth-order valence-electron chi connectivity index (χ4n) is 3.24. The Bertz CT molecular complexity index is 734. The summed E-state index contributed by atoms with van der Waals surface area (Å²) in [5.41, 5.74) is 5.48. The second-order valence-corrected chi connectivity index (χ2v) is 5.48. The molecular formula is C20H17N. The number of fused-ring (bicyclic) bond motifs is 1. The van der Waals surface area contributed by atoms with Gasteiger partial charge in [0.25, 0.3) is 0 Å². The summed E-state index contributed by atoms with van der Waals surface area (Å²) in [6.07, 6.45) is 0. The van der Waals surface area contributed by atoms with Crippen LogP contribution in [0.3, 0.4) is 0 Å². The molecule has 3 aromatic rings. The van der Waals surface area contributed by atoms with E-state index in [1.165, 1.54) is 22.4 Å². The van der Waals surface area contributed by atoms with Gasteiger partial charge in [0, 0.05) is 12.2 Å². The number of para-hydroxylation sites is 1. The summed E-state index contributed by atoms with van der Waals surface area (Å²) >= 11 is 0. The fraction of sp³-hybridized carbons (Fsp3) is 0.100. The third kappa shape index (κ3) is 2.11. The number of nitrogens with zero attached hydrogens (tertiary/aromatic N) is 1. The normalized spacial score (nSPS) is 16.8. The molecule has 1 atom stereocenters. The van der Waals surface area contributed by atoms with Crippen LogP contribution in [0.5, 0.6) is 0 Å². The maximum Gasteiger partial charge on any atom is 0.0803 e. The average molecular weight is 271 g/mol. The minimum absolute atomic E-state index is 0.310. The third-order valence-electron chi connectivity index (χ3n) is 4.21. The number of hydrogen-bond acceptors (Lipinski definition) is 1. The van der Waals surface area contributed by atoms with Gasteiger partial charge in [0.15, 0.2) is 0 Å². The van der Waals surface area contributed by atoms with E-state index >= 15 is 0 Å². The molecule has 1 heteroatoms. The Hall–Kier alpha value is -2.54. The van der Waals surface area contributed by atoms with E-state index in [0.717, 1.165) is 6.54 Å². The zero-order valence-electron chi connectivity index (χ0n) is 11.8. The minimum Gasteiger partial charge on any atom is -0.356 e. The SMILES string of the molecule is c1ccc([C@H]2c3ccccc3CN2c2ccccc2)cc1. The molecule has 0 radical (unpaired) electrons. The van der Waals surface area contributed by atoms with E-state index in [0.29, 0.717) is 6.04 Å². The molecule has 1 heterocycles. The minimum atomic E-state index is 0.310. The van der Waals surface area contributed by atoms with E-state index in [-0.39, 0.29) is 0 Å². The van der Waals surface area contributed by atoms with Gasteiger partial charge in [0.05, 0.1) is 6.04 Å². The van der Waals surface area contributed by atoms with Crippen LogP contribution in [0, 0.1) is 0 Å². The maximum absolute atomic E-state index is 2.49. The summed E-state index contributed by atoms with van der Waals surface area (Å²) < 4.78 is 0. The highest BCUT2D eigenvalue weighted by molar-refractivity contribution is 5.58. The molecule has 0 N–H and O–H groups in total. The van der Waals surface area contributed by atoms with Gasteiger partial charge in [-0.2, -0.15) is 0 Å². The molecular weight excluding hydrogens is 254 g/mol. The summed E-state index contributed by atoms with van der Waals surface area (Å²) in [4.78, 5) is 2.49. The Balaban J connectivity index is 1.85. The summed E-state index contributed by atoms with van der Waals surface area (Å²) in [5.74, 6) is 0. The lowest BCUT2D eigenvalue weighted by molar-refractivity contribution is 0.770. The molecule has 0 saturated heterocycles. The first-order valence-corrected chi connectivity index (χ1v) is 7.38. The van der Waals surface area contributed by atoms with Crippen molar-refractivity contribution in [3.8, 4) is 0 Å². The van der Waals surface area contributed by atoms with Crippen LogP contribution >= 0.6 is 0 Å². The standard InChI is InChI=1S/C20H17N/c1-3-9-16(10-4-1)20-19-14-8-7-11-17(19)15-21(20)18-12-5-2-6-13-18/h1-14,20H,15H2/t20-/m0/s1. The lowest BCUT2D eigenvalue weighted by Gasteiger charge is -2.27. The monoisotopic (exact) mass is 271 g/mol. The van der Waals surface area contributed by atoms with Gasteiger partial charge in [0.1, 0.15) is 0 Å². The van der Waals surface area contributed by atoms with Crippen molar-refractivity contribution in [2.45, 2.75) is 12.6 Å². The second kappa shape index (κ2) is 5.10. The zero-order chi connectivity index (χ0) is 14.1. The van der Waals surface area contributed by atoms with Gasteiger partial charge in [-0.3, -0.25) is 0 Å². The number of rotatable bonds is 2. The largest absolute Gasteiger partial charge is 0.356 e. The van der Waals surface area contributed by atoms with Crippen molar-refractivity contribution in [2.75, 3.05) is 4.90 Å². The molecule has 1 aliphatic rings. The quantitative estimate of drug-likeness (QED) is 0.647. The van der Waals surface area contributed by atoms with Crippen molar-refractivity contribution in [2.24, 2.45) is 0 Å². The fourth-order valence-corrected chi connectivity index (χ4v) is 3.24. The summed E-state index contributed by atoms with van der Waals surface area (Å²) in [7, 11) is 0. The molecule has 0 aliphatic carbocycles. The first kappa shape index (κ1) is 12.2. The Labute approximate surface area is 125 Å². The van der Waals surface area contributed by atoms with Crippen LogP contribution in [0.2, 0.25) is 0 Å². The topological polar surface area (TPSA) is 3.24 Å². The number of hydrogen-bond donors (Lipinski definition) is 0. The molecule has 102 valence electrons. The van der Waals surface area contributed by atoms with Crippen LogP contribution in [0.4, 0.5) is 5.69 Å². The Morgan fingerprint density at radius 1 is 0.667 bits per heavy atom. The van der Waals surface area contributed by atoms with Gasteiger partial charge >= 0.3 is 0 Å². The van der Waals surface area contributed by atoms with Gasteiger partial charge in [-0.25, -0.2) is 0 Å². The average Bonchev–Trinajstić information content (AvgIpc) is 2.96. The van der Waals surface area contributed by atoms with Crippen molar-refractivity contribution >= 4 is 5.69 Å². The van der Waals surface area contributed by atoms with Gasteiger partial charge in [-0.15, -0.1) is 0 Å². The summed E-state index contributed by atoms with van der Waals surface area (Å²) in [6, 6.07) is 30.6. The first-order chi connectivity index (χ1) is 10.4. The van der Waals surface area contributed by atoms with Crippen molar-refractivity contribution < 1.29 is 0 Å². The van der Waals surface area contributed by atoms with Crippen molar-refractivity contribution in [3.05, 3.63) is 102 Å². The first-order valence-electron chi connectivity index (χ1n) is 7.38. The van der Waals surface area contributed by atoms with Gasteiger partial charge in [0.2, 0.25) is 0 Å². The van der Waals surface area contributed by atoms with Crippen LogP contribution in [0.1, 0.15) is 22.7 Å². The van der Waals surface area contributed by atoms with E-state index in [9.17, 15) is 0 Å². The van der Waals surface area contributed by atoms with Gasteiger partial charge in [-0.05, 0) is 28.8 Å². The van der Waals surface area contributed by atoms with E-state index in [4.69, 9.17) is 0 Å². The van der Waals surface area contributed by atoms with Gasteiger partial charge in [-0.1, -0.05) is 72.8 Å². The predicted octanol–water partition coefficient (Wildman–Crippen LogP) is 4.80. The lowest BCUT2D eigenvalue weighted by Crippen LogP contribution is -2.22. The molecule has 1 nitrogen and oxygen atoms in total. The molecule has 0 amide bonds. The van der Waals surface area contributed by atoms with Crippen LogP contribution < -0.4 is 4.90 Å². The molecule has 21 heavy (non-hydrogen) atoms. The lowest BCUT2D eigenvalue weighted by atomic mass is 9.98. The molecule has 0 spiro atoms. The zero-order valence-corrected chi connectivity index (χ0v) is 11.8. The molecule has 0 bridgehead atoms. The molecule has 1 aliphatic heterocycles. The van der Waals surface area contributed by atoms with Crippen molar-refractivity contribution in [1.82, 2.24) is 0 Å². The molecule has 0 aromatic heterocycles. The highest BCUT2D eigenvalue weighted by atomic mass is 15.2. The van der Waals surface area contributed by atoms with Crippen LogP contribution in [-0.2, 0) is 6.54 Å².